The fourth-order valence-corrected chi connectivity index (χ4v) is 3.77. The second-order valence-electron chi connectivity index (χ2n) is 8.94. The van der Waals surface area contributed by atoms with Crippen molar-refractivity contribution in [3.63, 3.8) is 0 Å². The van der Waals surface area contributed by atoms with E-state index in [9.17, 15) is 0 Å². The van der Waals surface area contributed by atoms with E-state index in [1.54, 1.807) is 0 Å². The van der Waals surface area contributed by atoms with Crippen molar-refractivity contribution in [2.24, 2.45) is 0 Å². The van der Waals surface area contributed by atoms with Crippen LogP contribution in [0.15, 0.2) is 42.5 Å². The summed E-state index contributed by atoms with van der Waals surface area (Å²) in [5.41, 5.74) is 8.59. The molecule has 4 rings (SSSR count). The number of imidazole rings is 1. The summed E-state index contributed by atoms with van der Waals surface area (Å²) in [7, 11) is 0. The van der Waals surface area contributed by atoms with Gasteiger partial charge in [-0.05, 0) is 64.3 Å². The van der Waals surface area contributed by atoms with Gasteiger partial charge >= 0.3 is 0 Å². The summed E-state index contributed by atoms with van der Waals surface area (Å²) in [6.45, 7) is 13.1. The fourth-order valence-electron chi connectivity index (χ4n) is 3.77. The van der Waals surface area contributed by atoms with Gasteiger partial charge in [-0.25, -0.2) is 9.97 Å². The number of nitrogens with zero attached hydrogens (tertiary/aromatic N) is 3. The summed E-state index contributed by atoms with van der Waals surface area (Å²) in [6, 6.07) is 14.8. The number of nitrogens with one attached hydrogen (secondary N) is 1. The van der Waals surface area contributed by atoms with Crippen molar-refractivity contribution in [3.05, 3.63) is 59.3 Å². The van der Waals surface area contributed by atoms with Crippen LogP contribution in [0.3, 0.4) is 0 Å². The molecule has 0 spiro atoms. The maximum atomic E-state index is 5.10. The van der Waals surface area contributed by atoms with Gasteiger partial charge in [0.1, 0.15) is 11.5 Å². The third-order valence-electron chi connectivity index (χ3n) is 5.25. The second-order valence-corrected chi connectivity index (χ2v) is 8.94. The van der Waals surface area contributed by atoms with Crippen molar-refractivity contribution in [2.75, 3.05) is 5.32 Å². The molecule has 0 unspecified atom stereocenters. The topological polar surface area (TPSA) is 42.2 Å². The Balaban J connectivity index is 2.16. The van der Waals surface area contributed by atoms with Crippen LogP contribution in [-0.2, 0) is 6.42 Å². The van der Waals surface area contributed by atoms with Crippen LogP contribution >= 0.6 is 0 Å². The van der Waals surface area contributed by atoms with Gasteiger partial charge in [0.05, 0.1) is 16.7 Å². The standard InChI is InChI=1S/C25H30N4/c1-7-11-19-23(28-25(4,5)6)29-21-15-17(3)16(2)14-20(21)26-22(24(29)27-19)18-12-9-8-10-13-18/h8-10,12-15,28H,7,11H2,1-6H3. The number of fused-ring (bicyclic) bond motifs is 3. The SMILES string of the molecule is CCCc1nc2c(-c3ccccc3)nc3cc(C)c(C)cc3n2c1NC(C)(C)C. The lowest BCUT2D eigenvalue weighted by atomic mass is 10.1. The third kappa shape index (κ3) is 3.59. The van der Waals surface area contributed by atoms with E-state index in [1.165, 1.54) is 11.1 Å². The average Bonchev–Trinajstić information content (AvgIpc) is 3.00. The van der Waals surface area contributed by atoms with Crippen molar-refractivity contribution in [2.45, 2.75) is 59.9 Å². The summed E-state index contributed by atoms with van der Waals surface area (Å²) < 4.78 is 2.29. The first-order valence-electron chi connectivity index (χ1n) is 10.4. The highest BCUT2D eigenvalue weighted by molar-refractivity contribution is 5.89. The minimum absolute atomic E-state index is 0.0688. The number of benzene rings is 2. The highest BCUT2D eigenvalue weighted by atomic mass is 15.2. The fraction of sp³-hybridized carbons (Fsp3) is 0.360. The van der Waals surface area contributed by atoms with Gasteiger partial charge in [0, 0.05) is 11.1 Å². The van der Waals surface area contributed by atoms with Gasteiger partial charge in [-0.3, -0.25) is 4.40 Å². The summed E-state index contributed by atoms with van der Waals surface area (Å²) in [5.74, 6) is 1.09. The molecular formula is C25H30N4. The molecular weight excluding hydrogens is 356 g/mol. The minimum Gasteiger partial charge on any atom is -0.365 e. The Morgan fingerprint density at radius 1 is 0.966 bits per heavy atom. The maximum absolute atomic E-state index is 5.10. The number of rotatable bonds is 4. The van der Waals surface area contributed by atoms with Crippen LogP contribution in [0.2, 0.25) is 0 Å². The third-order valence-corrected chi connectivity index (χ3v) is 5.25. The van der Waals surface area contributed by atoms with E-state index >= 15 is 0 Å². The Bertz CT molecular complexity index is 1180. The molecule has 4 aromatic rings. The van der Waals surface area contributed by atoms with Crippen molar-refractivity contribution in [1.82, 2.24) is 14.4 Å². The first kappa shape index (κ1) is 19.4. The molecule has 150 valence electrons. The zero-order valence-electron chi connectivity index (χ0n) is 18.3. The van der Waals surface area contributed by atoms with E-state index in [0.29, 0.717) is 0 Å². The van der Waals surface area contributed by atoms with Gasteiger partial charge in [-0.1, -0.05) is 43.7 Å². The molecule has 0 aliphatic carbocycles. The number of aryl methyl sites for hydroxylation is 3. The van der Waals surface area contributed by atoms with E-state index < -0.39 is 0 Å². The van der Waals surface area contributed by atoms with E-state index in [4.69, 9.17) is 9.97 Å². The Kier molecular flexibility index (Phi) is 4.81. The summed E-state index contributed by atoms with van der Waals surface area (Å²) >= 11 is 0. The Morgan fingerprint density at radius 3 is 2.31 bits per heavy atom. The second kappa shape index (κ2) is 7.18. The predicted octanol–water partition coefficient (Wildman–Crippen LogP) is 6.33. The molecule has 2 aromatic heterocycles. The van der Waals surface area contributed by atoms with Crippen LogP contribution in [0.25, 0.3) is 27.9 Å². The summed E-state index contributed by atoms with van der Waals surface area (Å²) in [4.78, 5) is 10.2. The predicted molar refractivity (Wildman–Crippen MR) is 123 cm³/mol. The van der Waals surface area contributed by atoms with Crippen LogP contribution in [0, 0.1) is 13.8 Å². The lowest BCUT2D eigenvalue weighted by Crippen LogP contribution is -2.27. The molecule has 4 nitrogen and oxygen atoms in total. The van der Waals surface area contributed by atoms with E-state index in [2.05, 4.69) is 87.7 Å². The number of aromatic nitrogens is 3. The van der Waals surface area contributed by atoms with Gasteiger partial charge in [-0.15, -0.1) is 0 Å². The van der Waals surface area contributed by atoms with Crippen molar-refractivity contribution >= 4 is 22.5 Å². The zero-order valence-corrected chi connectivity index (χ0v) is 18.3. The Morgan fingerprint density at radius 2 is 1.66 bits per heavy atom. The summed E-state index contributed by atoms with van der Waals surface area (Å²) in [5, 5.41) is 3.74. The molecule has 0 aliphatic rings. The number of hydrogen-bond acceptors (Lipinski definition) is 3. The largest absolute Gasteiger partial charge is 0.365 e. The molecule has 29 heavy (non-hydrogen) atoms. The monoisotopic (exact) mass is 386 g/mol. The molecule has 0 bridgehead atoms. The van der Waals surface area contributed by atoms with E-state index in [1.807, 2.05) is 6.07 Å². The van der Waals surface area contributed by atoms with Gasteiger partial charge < -0.3 is 5.32 Å². The average molecular weight is 387 g/mol. The van der Waals surface area contributed by atoms with Gasteiger partial charge in [-0.2, -0.15) is 0 Å². The molecule has 0 atom stereocenters. The van der Waals surface area contributed by atoms with E-state index in [-0.39, 0.29) is 5.54 Å². The molecule has 0 radical (unpaired) electrons. The highest BCUT2D eigenvalue weighted by Gasteiger charge is 2.22. The molecule has 2 aromatic carbocycles. The lowest BCUT2D eigenvalue weighted by Gasteiger charge is -2.23. The van der Waals surface area contributed by atoms with Crippen molar-refractivity contribution in [1.29, 1.82) is 0 Å². The molecule has 0 saturated carbocycles. The first-order valence-corrected chi connectivity index (χ1v) is 10.4. The van der Waals surface area contributed by atoms with Crippen LogP contribution in [0.5, 0.6) is 0 Å². The van der Waals surface area contributed by atoms with Crippen LogP contribution in [0.1, 0.15) is 50.9 Å². The molecule has 0 saturated heterocycles. The maximum Gasteiger partial charge on any atom is 0.165 e. The van der Waals surface area contributed by atoms with Gasteiger partial charge in [0.15, 0.2) is 5.65 Å². The number of hydrogen-bond donors (Lipinski definition) is 1. The van der Waals surface area contributed by atoms with Crippen molar-refractivity contribution in [3.8, 4) is 11.3 Å². The van der Waals surface area contributed by atoms with Gasteiger partial charge in [0.25, 0.3) is 0 Å². The minimum atomic E-state index is -0.0688. The zero-order chi connectivity index (χ0) is 20.8. The number of anilines is 1. The molecule has 2 heterocycles. The van der Waals surface area contributed by atoms with Crippen molar-refractivity contribution < 1.29 is 0 Å². The summed E-state index contributed by atoms with van der Waals surface area (Å²) in [6.07, 6.45) is 1.98. The van der Waals surface area contributed by atoms with Crippen LogP contribution < -0.4 is 5.32 Å². The van der Waals surface area contributed by atoms with E-state index in [0.717, 1.165) is 52.3 Å². The molecule has 4 heteroatoms. The Hall–Kier alpha value is -2.88. The smallest absolute Gasteiger partial charge is 0.165 e. The van der Waals surface area contributed by atoms with Crippen LogP contribution in [0.4, 0.5) is 5.82 Å². The quantitative estimate of drug-likeness (QED) is 0.446. The highest BCUT2D eigenvalue weighted by Crippen LogP contribution is 2.33. The molecule has 1 N–H and O–H groups in total. The van der Waals surface area contributed by atoms with Gasteiger partial charge in [0.2, 0.25) is 0 Å². The molecule has 0 amide bonds. The first-order chi connectivity index (χ1) is 13.8. The molecule has 0 aliphatic heterocycles. The lowest BCUT2D eigenvalue weighted by molar-refractivity contribution is 0.628. The normalized spacial score (nSPS) is 12.1. The van der Waals surface area contributed by atoms with Crippen LogP contribution in [-0.4, -0.2) is 19.9 Å². The Labute approximate surface area is 173 Å². The molecule has 0 fully saturated rings.